The fourth-order valence-electron chi connectivity index (χ4n) is 5.81. The Morgan fingerprint density at radius 1 is 1.00 bits per heavy atom. The number of nitrogens with zero attached hydrogens (tertiary/aromatic N) is 2. The summed E-state index contributed by atoms with van der Waals surface area (Å²) in [7, 11) is 0. The van der Waals surface area contributed by atoms with Crippen molar-refractivity contribution in [3.05, 3.63) is 77.5 Å². The molecule has 1 amide bonds. The van der Waals surface area contributed by atoms with Crippen molar-refractivity contribution in [2.75, 3.05) is 39.3 Å². The lowest BCUT2D eigenvalue weighted by molar-refractivity contribution is -0.971. The Balaban J connectivity index is 1.45. The van der Waals surface area contributed by atoms with Crippen molar-refractivity contribution < 1.29 is 27.2 Å². The van der Waals surface area contributed by atoms with Gasteiger partial charge in [-0.2, -0.15) is 13.2 Å². The van der Waals surface area contributed by atoms with E-state index in [-0.39, 0.29) is 24.5 Å². The van der Waals surface area contributed by atoms with E-state index in [9.17, 15) is 22.8 Å². The molecule has 1 fully saturated rings. The van der Waals surface area contributed by atoms with Gasteiger partial charge >= 0.3 is 6.18 Å². The van der Waals surface area contributed by atoms with Crippen LogP contribution in [0.25, 0.3) is 10.9 Å². The summed E-state index contributed by atoms with van der Waals surface area (Å²) in [6.07, 6.45) is -2.36. The van der Waals surface area contributed by atoms with Gasteiger partial charge in [0.2, 0.25) is 5.91 Å². The van der Waals surface area contributed by atoms with Gasteiger partial charge in [-0.1, -0.05) is 30.3 Å². The van der Waals surface area contributed by atoms with Crippen molar-refractivity contribution in [3.8, 4) is 0 Å². The van der Waals surface area contributed by atoms with E-state index in [1.54, 1.807) is 6.20 Å². The third kappa shape index (κ3) is 7.88. The Morgan fingerprint density at radius 3 is 2.29 bits per heavy atom. The van der Waals surface area contributed by atoms with Gasteiger partial charge in [-0.25, -0.2) is 0 Å². The first kappa shape index (κ1) is 30.6. The molecular weight excluding hydrogens is 533 g/mol. The highest BCUT2D eigenvalue weighted by molar-refractivity contribution is 5.92. The minimum atomic E-state index is -4.47. The van der Waals surface area contributed by atoms with Crippen LogP contribution in [0.5, 0.6) is 0 Å². The Bertz CT molecular complexity index is 1330. The van der Waals surface area contributed by atoms with Crippen LogP contribution in [0.15, 0.2) is 60.8 Å². The van der Waals surface area contributed by atoms with E-state index in [1.165, 1.54) is 12.1 Å². The van der Waals surface area contributed by atoms with Crippen LogP contribution >= 0.6 is 0 Å². The molecule has 41 heavy (non-hydrogen) atoms. The number of hydrogen-bond donors (Lipinski definition) is 4. The summed E-state index contributed by atoms with van der Waals surface area (Å²) in [5, 5.41) is 3.67. The molecule has 2 atom stereocenters. The summed E-state index contributed by atoms with van der Waals surface area (Å²) in [5.41, 5.74) is 19.0. The van der Waals surface area contributed by atoms with Gasteiger partial charge in [0, 0.05) is 31.1 Å². The molecule has 0 spiro atoms. The maximum Gasteiger partial charge on any atom is 0.416 e. The number of benzene rings is 2. The Morgan fingerprint density at radius 2 is 1.66 bits per heavy atom. The Labute approximate surface area is 237 Å². The molecular formula is C30H38F3N6O2+. The van der Waals surface area contributed by atoms with E-state index in [1.807, 2.05) is 30.3 Å². The maximum atomic E-state index is 13.5. The summed E-state index contributed by atoms with van der Waals surface area (Å²) in [4.78, 5) is 31.0. The molecule has 1 aliphatic rings. The number of carbonyl (C=O) groups is 2. The lowest BCUT2D eigenvalue weighted by Gasteiger charge is -2.51. The standard InChI is InChI=1S/C30H37F3N6O2/c31-30(32,33)24-7-5-20(6-8-24)15-27(28(40)16-21-13-23-3-1-2-4-26(23)37-17-21)38-29(41)25(36)14-22-18-39(19-22,11-9-34)12-10-35/h1-8,13,17,22,25,27H,9-12,14-16,18-19,34-36H2/p+1/t25-,27-/m0/s1. The third-order valence-electron chi connectivity index (χ3n) is 7.87. The van der Waals surface area contributed by atoms with Crippen LogP contribution < -0.4 is 22.5 Å². The molecule has 0 aliphatic carbocycles. The maximum absolute atomic E-state index is 13.5. The minimum Gasteiger partial charge on any atom is -0.345 e. The summed E-state index contributed by atoms with van der Waals surface area (Å²) < 4.78 is 40.0. The second-order valence-corrected chi connectivity index (χ2v) is 11.1. The molecule has 1 saturated heterocycles. The monoisotopic (exact) mass is 571 g/mol. The van der Waals surface area contributed by atoms with Gasteiger partial charge in [-0.3, -0.25) is 14.6 Å². The van der Waals surface area contributed by atoms with Gasteiger partial charge in [-0.15, -0.1) is 0 Å². The van der Waals surface area contributed by atoms with Gasteiger partial charge in [0.15, 0.2) is 5.78 Å². The quantitative estimate of drug-likeness (QED) is 0.232. The van der Waals surface area contributed by atoms with Gasteiger partial charge < -0.3 is 27.0 Å². The molecule has 7 N–H and O–H groups in total. The number of likely N-dealkylation sites (tertiary alicyclic amines) is 1. The lowest BCUT2D eigenvalue weighted by Crippen LogP contribution is -2.67. The summed E-state index contributed by atoms with van der Waals surface area (Å²) in [5.74, 6) is -0.510. The van der Waals surface area contributed by atoms with Crippen LogP contribution in [-0.2, 0) is 28.6 Å². The second kappa shape index (κ2) is 13.1. The fraction of sp³-hybridized carbons (Fsp3) is 0.433. The van der Waals surface area contributed by atoms with Crippen LogP contribution in [0.2, 0.25) is 0 Å². The zero-order valence-corrected chi connectivity index (χ0v) is 22.9. The van der Waals surface area contributed by atoms with E-state index in [0.717, 1.165) is 53.7 Å². The number of hydrogen-bond acceptors (Lipinski definition) is 6. The molecule has 0 radical (unpaired) electrons. The molecule has 0 bridgehead atoms. The summed E-state index contributed by atoms with van der Waals surface area (Å²) in [6.45, 7) is 4.45. The highest BCUT2D eigenvalue weighted by Gasteiger charge is 2.44. The molecule has 8 nitrogen and oxygen atoms in total. The van der Waals surface area contributed by atoms with Crippen molar-refractivity contribution in [1.29, 1.82) is 0 Å². The zero-order valence-electron chi connectivity index (χ0n) is 22.9. The topological polar surface area (TPSA) is 137 Å². The molecule has 0 unspecified atom stereocenters. The first-order valence-corrected chi connectivity index (χ1v) is 13.9. The number of rotatable bonds is 13. The Kier molecular flexibility index (Phi) is 9.75. The van der Waals surface area contributed by atoms with E-state index < -0.39 is 29.7 Å². The number of pyridine rings is 1. The van der Waals surface area contributed by atoms with Crippen LogP contribution in [0, 0.1) is 5.92 Å². The third-order valence-corrected chi connectivity index (χ3v) is 7.87. The molecule has 1 aliphatic heterocycles. The van der Waals surface area contributed by atoms with Crippen LogP contribution in [0.1, 0.15) is 23.1 Å². The largest absolute Gasteiger partial charge is 0.416 e. The first-order valence-electron chi connectivity index (χ1n) is 13.9. The predicted octanol–water partition coefficient (Wildman–Crippen LogP) is 2.17. The normalized spacial score (nSPS) is 16.6. The molecule has 2 aromatic carbocycles. The average Bonchev–Trinajstić information content (AvgIpc) is 2.91. The van der Waals surface area contributed by atoms with Crippen molar-refractivity contribution in [3.63, 3.8) is 0 Å². The van der Waals surface area contributed by atoms with Crippen molar-refractivity contribution in [1.82, 2.24) is 10.3 Å². The number of amides is 1. The van der Waals surface area contributed by atoms with Gasteiger partial charge in [0.25, 0.3) is 0 Å². The molecule has 2 heterocycles. The zero-order chi connectivity index (χ0) is 29.6. The number of aromatic nitrogens is 1. The van der Waals surface area contributed by atoms with Crippen LogP contribution in [-0.4, -0.2) is 72.5 Å². The number of carbonyl (C=O) groups excluding carboxylic acids is 2. The first-order chi connectivity index (χ1) is 19.5. The average molecular weight is 572 g/mol. The number of quaternary nitrogens is 1. The van der Waals surface area contributed by atoms with E-state index in [0.29, 0.717) is 30.6 Å². The molecule has 4 rings (SSSR count). The second-order valence-electron chi connectivity index (χ2n) is 11.1. The number of fused-ring (bicyclic) bond motifs is 1. The van der Waals surface area contributed by atoms with Gasteiger partial charge in [-0.05, 0) is 48.2 Å². The smallest absolute Gasteiger partial charge is 0.345 e. The van der Waals surface area contributed by atoms with Crippen LogP contribution in [0.3, 0.4) is 0 Å². The van der Waals surface area contributed by atoms with Gasteiger partial charge in [0.05, 0.1) is 55.3 Å². The summed E-state index contributed by atoms with van der Waals surface area (Å²) >= 11 is 0. The predicted molar refractivity (Wildman–Crippen MR) is 151 cm³/mol. The van der Waals surface area contributed by atoms with E-state index in [4.69, 9.17) is 17.2 Å². The number of alkyl halides is 3. The van der Waals surface area contributed by atoms with Crippen LogP contribution in [0.4, 0.5) is 13.2 Å². The van der Waals surface area contributed by atoms with Crippen molar-refractivity contribution in [2.24, 2.45) is 23.1 Å². The number of halogens is 3. The SMILES string of the molecule is NCC[N+]1(CCN)CC(C[C@H](N)C(=O)N[C@@H](Cc2ccc(C(F)(F)F)cc2)C(=O)Cc2cnc3ccccc3c2)C1. The Hall–Kier alpha value is -3.38. The number of para-hydroxylation sites is 1. The molecule has 1 aromatic heterocycles. The number of nitrogens with two attached hydrogens (primary N) is 3. The minimum absolute atomic E-state index is 0.000539. The number of Topliss-reactive ketones (excluding diaryl/α,β-unsaturated/α-hetero) is 1. The summed E-state index contributed by atoms with van der Waals surface area (Å²) in [6, 6.07) is 12.2. The van der Waals surface area contributed by atoms with E-state index >= 15 is 0 Å². The molecule has 220 valence electrons. The van der Waals surface area contributed by atoms with Crippen molar-refractivity contribution >= 4 is 22.6 Å². The lowest BCUT2D eigenvalue weighted by atomic mass is 9.88. The highest BCUT2D eigenvalue weighted by Crippen LogP contribution is 2.30. The highest BCUT2D eigenvalue weighted by atomic mass is 19.4. The molecule has 3 aromatic rings. The fourth-order valence-corrected chi connectivity index (χ4v) is 5.81. The molecule has 0 saturated carbocycles. The van der Waals surface area contributed by atoms with Crippen molar-refractivity contribution in [2.45, 2.75) is 37.5 Å². The number of nitrogens with one attached hydrogen (secondary N) is 1. The van der Waals surface area contributed by atoms with E-state index in [2.05, 4.69) is 10.3 Å². The number of ketones is 1. The van der Waals surface area contributed by atoms with Gasteiger partial charge in [0.1, 0.15) is 0 Å². The molecule has 11 heteroatoms.